The molecule has 0 saturated carbocycles. The molecule has 1 aliphatic rings. The Labute approximate surface area is 159 Å². The van der Waals surface area contributed by atoms with Crippen molar-refractivity contribution in [3.63, 3.8) is 0 Å². The third kappa shape index (κ3) is 3.62. The van der Waals surface area contributed by atoms with Crippen LogP contribution in [-0.4, -0.2) is 45.2 Å². The Kier molecular flexibility index (Phi) is 4.97. The van der Waals surface area contributed by atoms with E-state index in [1.807, 2.05) is 5.32 Å². The van der Waals surface area contributed by atoms with Crippen molar-refractivity contribution in [2.24, 2.45) is 0 Å². The highest BCUT2D eigenvalue weighted by Gasteiger charge is 2.68. The number of alkyl halides is 3. The number of nitrogens with one attached hydrogen (secondary N) is 2. The number of rotatable bonds is 5. The van der Waals surface area contributed by atoms with Gasteiger partial charge in [-0.05, 0) is 31.9 Å². The molecule has 148 valence electrons. The summed E-state index contributed by atoms with van der Waals surface area (Å²) in [5.74, 6) is -1.84. The Hall–Kier alpha value is -3.17. The summed E-state index contributed by atoms with van der Waals surface area (Å²) in [5.41, 5.74) is -1.69. The molecule has 28 heavy (non-hydrogen) atoms. The first-order valence-electron chi connectivity index (χ1n) is 8.47. The molecule has 7 nitrogen and oxygen atoms in total. The average molecular weight is 393 g/mol. The Morgan fingerprint density at radius 3 is 2.29 bits per heavy atom. The first-order valence-corrected chi connectivity index (χ1v) is 8.47. The third-order valence-electron chi connectivity index (χ3n) is 4.28. The highest BCUT2D eigenvalue weighted by Crippen LogP contribution is 2.36. The molecule has 10 heteroatoms. The van der Waals surface area contributed by atoms with Crippen LogP contribution in [0.15, 0.2) is 36.4 Å². The third-order valence-corrected chi connectivity index (χ3v) is 4.28. The fourth-order valence-corrected chi connectivity index (χ4v) is 2.96. The highest BCUT2D eigenvalue weighted by molar-refractivity contribution is 6.08. The van der Waals surface area contributed by atoms with E-state index in [2.05, 4.69) is 9.97 Å². The molecule has 2 N–H and O–H groups in total. The van der Waals surface area contributed by atoms with Crippen LogP contribution in [0.1, 0.15) is 17.0 Å². The predicted octanol–water partition coefficient (Wildman–Crippen LogP) is 2.56. The molecule has 0 radical (unpaired) electrons. The lowest BCUT2D eigenvalue weighted by molar-refractivity contribution is -0.188. The zero-order valence-corrected chi connectivity index (χ0v) is 15.2. The van der Waals surface area contributed by atoms with E-state index in [-0.39, 0.29) is 13.0 Å². The molecule has 3 amide bonds. The summed E-state index contributed by atoms with van der Waals surface area (Å²) >= 11 is 0. The van der Waals surface area contributed by atoms with E-state index in [4.69, 9.17) is 0 Å². The van der Waals surface area contributed by atoms with E-state index in [0.717, 1.165) is 5.56 Å². The van der Waals surface area contributed by atoms with Gasteiger partial charge in [-0.3, -0.25) is 15.0 Å². The summed E-state index contributed by atoms with van der Waals surface area (Å²) in [4.78, 5) is 33.2. The monoisotopic (exact) mass is 393 g/mol. The number of anilines is 1. The van der Waals surface area contributed by atoms with E-state index in [0.29, 0.717) is 16.3 Å². The molecule has 0 spiro atoms. The van der Waals surface area contributed by atoms with E-state index in [1.54, 1.807) is 55.6 Å². The van der Waals surface area contributed by atoms with E-state index >= 15 is 0 Å². The van der Waals surface area contributed by atoms with Gasteiger partial charge in [-0.2, -0.15) is 13.2 Å². The molecule has 1 aromatic heterocycles. The number of nitrogens with zero attached hydrogens (tertiary/aromatic N) is 3. The number of amides is 3. The minimum atomic E-state index is -5.11. The van der Waals surface area contributed by atoms with Crippen LogP contribution in [0.2, 0.25) is 0 Å². The van der Waals surface area contributed by atoms with Gasteiger partial charge >= 0.3 is 12.2 Å². The van der Waals surface area contributed by atoms with Crippen molar-refractivity contribution in [3.05, 3.63) is 53.3 Å². The van der Waals surface area contributed by atoms with Gasteiger partial charge in [-0.1, -0.05) is 30.3 Å². The molecule has 0 unspecified atom stereocenters. The molecule has 1 saturated heterocycles. The number of carbonyl (C=O) groups is 2. The predicted molar refractivity (Wildman–Crippen MR) is 94.3 cm³/mol. The largest absolute Gasteiger partial charge is 0.440 e. The van der Waals surface area contributed by atoms with Crippen molar-refractivity contribution in [3.8, 4) is 0 Å². The lowest BCUT2D eigenvalue weighted by Crippen LogP contribution is -2.64. The highest BCUT2D eigenvalue weighted by atomic mass is 19.4. The Morgan fingerprint density at radius 1 is 1.11 bits per heavy atom. The molecular formula is C18H18F3N5O2. The lowest BCUT2D eigenvalue weighted by atomic mass is 10.1. The Bertz CT molecular complexity index is 884. The van der Waals surface area contributed by atoms with Gasteiger partial charge < -0.3 is 5.32 Å². The Balaban J connectivity index is 1.88. The normalized spacial score (nSPS) is 19.7. The topological polar surface area (TPSA) is 87.2 Å². The van der Waals surface area contributed by atoms with Crippen molar-refractivity contribution >= 4 is 17.9 Å². The molecule has 1 atom stereocenters. The molecular weight excluding hydrogens is 375 g/mol. The maximum absolute atomic E-state index is 13.9. The molecule has 0 aliphatic carbocycles. The Morgan fingerprint density at radius 2 is 1.71 bits per heavy atom. The average Bonchev–Trinajstić information content (AvgIpc) is 2.84. The van der Waals surface area contributed by atoms with Gasteiger partial charge in [0.15, 0.2) is 0 Å². The number of hydrogen-bond acceptors (Lipinski definition) is 5. The molecule has 1 aromatic carbocycles. The van der Waals surface area contributed by atoms with Gasteiger partial charge in [0.25, 0.3) is 11.6 Å². The van der Waals surface area contributed by atoms with Gasteiger partial charge in [0.2, 0.25) is 5.95 Å². The van der Waals surface area contributed by atoms with Crippen molar-refractivity contribution in [1.82, 2.24) is 20.2 Å². The quantitative estimate of drug-likeness (QED) is 0.763. The van der Waals surface area contributed by atoms with Gasteiger partial charge in [-0.15, -0.1) is 0 Å². The van der Waals surface area contributed by atoms with E-state index in [9.17, 15) is 22.8 Å². The standard InChI is InChI=1S/C18H18F3N5O2/c1-11-10-12(2)23-15(22-11)24-17(18(19,20)21)14(27)26(16(28)25-17)9-8-13-6-4-3-5-7-13/h3-7,10H,8-9H2,1-2H3,(H,25,28)(H,22,23,24)/t17-/m0/s1. The number of imide groups is 1. The first kappa shape index (κ1) is 19.6. The van der Waals surface area contributed by atoms with Crippen LogP contribution >= 0.6 is 0 Å². The second-order valence-electron chi connectivity index (χ2n) is 6.47. The second-order valence-corrected chi connectivity index (χ2v) is 6.47. The fraction of sp³-hybridized carbons (Fsp3) is 0.333. The zero-order chi connectivity index (χ0) is 20.5. The van der Waals surface area contributed by atoms with Gasteiger partial charge in [0, 0.05) is 17.9 Å². The van der Waals surface area contributed by atoms with Crippen LogP contribution in [0.3, 0.4) is 0 Å². The van der Waals surface area contributed by atoms with Gasteiger partial charge in [0.1, 0.15) is 0 Å². The fourth-order valence-electron chi connectivity index (χ4n) is 2.96. The first-order chi connectivity index (χ1) is 13.1. The van der Waals surface area contributed by atoms with E-state index in [1.165, 1.54) is 0 Å². The summed E-state index contributed by atoms with van der Waals surface area (Å²) in [6.45, 7) is 2.98. The number of urea groups is 1. The summed E-state index contributed by atoms with van der Waals surface area (Å²) in [6, 6.07) is 9.29. The SMILES string of the molecule is Cc1cc(C)nc(N[C@]2(C(F)(F)F)NC(=O)N(CCc3ccccc3)C2=O)n1. The number of aromatic nitrogens is 2. The van der Waals surface area contributed by atoms with Crippen LogP contribution in [-0.2, 0) is 11.2 Å². The van der Waals surface area contributed by atoms with Gasteiger partial charge in [-0.25, -0.2) is 14.8 Å². The van der Waals surface area contributed by atoms with Crippen LogP contribution in [0.25, 0.3) is 0 Å². The van der Waals surface area contributed by atoms with Crippen LogP contribution in [0, 0.1) is 13.8 Å². The van der Waals surface area contributed by atoms with Crippen molar-refractivity contribution < 1.29 is 22.8 Å². The number of aryl methyl sites for hydroxylation is 2. The number of hydrogen-bond donors (Lipinski definition) is 2. The van der Waals surface area contributed by atoms with Crippen LogP contribution in [0.5, 0.6) is 0 Å². The zero-order valence-electron chi connectivity index (χ0n) is 15.2. The lowest BCUT2D eigenvalue weighted by Gasteiger charge is -2.30. The van der Waals surface area contributed by atoms with Crippen molar-refractivity contribution in [1.29, 1.82) is 0 Å². The maximum Gasteiger partial charge on any atom is 0.440 e. The van der Waals surface area contributed by atoms with Crippen molar-refractivity contribution in [2.45, 2.75) is 32.1 Å². The molecule has 1 fully saturated rings. The smallest absolute Gasteiger partial charge is 0.316 e. The van der Waals surface area contributed by atoms with Crippen LogP contribution in [0.4, 0.5) is 23.9 Å². The van der Waals surface area contributed by atoms with Crippen molar-refractivity contribution in [2.75, 3.05) is 11.9 Å². The minimum Gasteiger partial charge on any atom is -0.316 e. The molecule has 2 aromatic rings. The summed E-state index contributed by atoms with van der Waals surface area (Å²) in [6.07, 6.45) is -4.88. The summed E-state index contributed by atoms with van der Waals surface area (Å²) in [5, 5.41) is 3.77. The second kappa shape index (κ2) is 7.10. The molecule has 3 rings (SSSR count). The van der Waals surface area contributed by atoms with Gasteiger partial charge in [0.05, 0.1) is 0 Å². The maximum atomic E-state index is 13.9. The number of halogens is 3. The molecule has 0 bridgehead atoms. The summed E-state index contributed by atoms with van der Waals surface area (Å²) in [7, 11) is 0. The number of carbonyl (C=O) groups excluding carboxylic acids is 2. The molecule has 2 heterocycles. The van der Waals surface area contributed by atoms with E-state index < -0.39 is 29.7 Å². The minimum absolute atomic E-state index is 0.193. The summed E-state index contributed by atoms with van der Waals surface area (Å²) < 4.78 is 41.6. The molecule has 1 aliphatic heterocycles. The number of benzene rings is 1. The van der Waals surface area contributed by atoms with Crippen LogP contribution < -0.4 is 10.6 Å².